The molecule has 0 spiro atoms. The average Bonchev–Trinajstić information content (AvgIpc) is 2.80. The van der Waals surface area contributed by atoms with Crippen molar-refractivity contribution in [2.24, 2.45) is 0 Å². The number of carbonyl (C=O) groups is 1. The number of thiophene rings is 1. The van der Waals surface area contributed by atoms with Gasteiger partial charge in [0, 0.05) is 5.56 Å². The Balaban J connectivity index is 2.65. The lowest BCUT2D eigenvalue weighted by atomic mass is 9.99. The zero-order valence-electron chi connectivity index (χ0n) is 8.49. The quantitative estimate of drug-likeness (QED) is 0.734. The number of alkyl halides is 3. The minimum absolute atomic E-state index is 0.0448. The Morgan fingerprint density at radius 3 is 2.47 bits per heavy atom. The molecule has 2 rings (SSSR count). The number of carbonyl (C=O) groups excluding carboxylic acids is 1. The molecule has 1 aromatic carbocycles. The number of rotatable bonds is 2. The molecule has 0 saturated carbocycles. The molecule has 0 fully saturated rings. The number of hydrogen-bond donors (Lipinski definition) is 0. The van der Waals surface area contributed by atoms with Gasteiger partial charge in [0.15, 0.2) is 0 Å². The van der Waals surface area contributed by atoms with Crippen molar-refractivity contribution < 1.29 is 18.0 Å². The molecule has 0 bridgehead atoms. The third kappa shape index (κ3) is 2.39. The van der Waals surface area contributed by atoms with Crippen LogP contribution in [0.25, 0.3) is 11.1 Å². The maximum atomic E-state index is 12.8. The third-order valence-corrected chi connectivity index (χ3v) is 3.00. The van der Waals surface area contributed by atoms with Crippen LogP contribution in [0, 0.1) is 0 Å². The van der Waals surface area contributed by atoms with Gasteiger partial charge in [-0.25, -0.2) is 0 Å². The molecule has 1 aromatic heterocycles. The fourth-order valence-corrected chi connectivity index (χ4v) is 2.19. The lowest BCUT2D eigenvalue weighted by Crippen LogP contribution is -2.07. The van der Waals surface area contributed by atoms with Crippen LogP contribution in [0.2, 0.25) is 0 Å². The Hall–Kier alpha value is -1.62. The van der Waals surface area contributed by atoms with Crippen LogP contribution in [-0.4, -0.2) is 6.29 Å². The maximum Gasteiger partial charge on any atom is 0.417 e. The Morgan fingerprint density at radius 2 is 1.94 bits per heavy atom. The van der Waals surface area contributed by atoms with Crippen LogP contribution in [0.1, 0.15) is 15.9 Å². The van der Waals surface area contributed by atoms with Gasteiger partial charge in [-0.05, 0) is 40.1 Å². The lowest BCUT2D eigenvalue weighted by Gasteiger charge is -2.12. The predicted octanol–water partition coefficient (Wildman–Crippen LogP) is 4.25. The summed E-state index contributed by atoms with van der Waals surface area (Å²) in [6, 6.07) is 4.98. The van der Waals surface area contributed by atoms with Gasteiger partial charge in [-0.15, -0.1) is 0 Å². The van der Waals surface area contributed by atoms with Gasteiger partial charge in [-0.3, -0.25) is 4.79 Å². The van der Waals surface area contributed by atoms with Gasteiger partial charge in [-0.2, -0.15) is 24.5 Å². The first-order chi connectivity index (χ1) is 8.02. The third-order valence-electron chi connectivity index (χ3n) is 2.32. The van der Waals surface area contributed by atoms with Gasteiger partial charge in [-0.1, -0.05) is 6.07 Å². The molecule has 0 unspecified atom stereocenters. The molecular formula is C12H7F3OS. The fourth-order valence-electron chi connectivity index (χ4n) is 1.54. The Bertz CT molecular complexity index is 529. The van der Waals surface area contributed by atoms with Gasteiger partial charge >= 0.3 is 6.18 Å². The van der Waals surface area contributed by atoms with Crippen molar-refractivity contribution in [3.8, 4) is 11.1 Å². The highest BCUT2D eigenvalue weighted by Gasteiger charge is 2.33. The molecular weight excluding hydrogens is 249 g/mol. The van der Waals surface area contributed by atoms with E-state index >= 15 is 0 Å². The molecule has 2 aromatic rings. The molecule has 0 aliphatic rings. The van der Waals surface area contributed by atoms with E-state index < -0.39 is 11.7 Å². The second-order valence-corrected chi connectivity index (χ2v) is 4.21. The Morgan fingerprint density at radius 1 is 1.18 bits per heavy atom. The summed E-state index contributed by atoms with van der Waals surface area (Å²) in [6.07, 6.45) is -3.88. The normalized spacial score (nSPS) is 11.5. The molecule has 0 radical (unpaired) electrons. The van der Waals surface area contributed by atoms with Gasteiger partial charge in [0.05, 0.1) is 5.56 Å². The van der Waals surface area contributed by atoms with Crippen molar-refractivity contribution in [3.05, 3.63) is 46.2 Å². The van der Waals surface area contributed by atoms with Crippen molar-refractivity contribution in [3.63, 3.8) is 0 Å². The van der Waals surface area contributed by atoms with Crippen LogP contribution in [-0.2, 0) is 6.18 Å². The molecule has 0 saturated heterocycles. The van der Waals surface area contributed by atoms with E-state index in [0.717, 1.165) is 6.07 Å². The smallest absolute Gasteiger partial charge is 0.298 e. The van der Waals surface area contributed by atoms with E-state index in [2.05, 4.69) is 0 Å². The molecule has 0 aliphatic heterocycles. The van der Waals surface area contributed by atoms with E-state index in [9.17, 15) is 18.0 Å². The standard InChI is InChI=1S/C12H7F3OS/c13-12(14,15)11-2-1-8(6-16)5-10(11)9-3-4-17-7-9/h1-7H. The summed E-state index contributed by atoms with van der Waals surface area (Å²) >= 11 is 1.31. The summed E-state index contributed by atoms with van der Waals surface area (Å²) < 4.78 is 38.4. The van der Waals surface area contributed by atoms with Crippen LogP contribution >= 0.6 is 11.3 Å². The highest BCUT2D eigenvalue weighted by molar-refractivity contribution is 7.08. The van der Waals surface area contributed by atoms with E-state index in [-0.39, 0.29) is 11.1 Å². The first kappa shape index (κ1) is 11.9. The van der Waals surface area contributed by atoms with Gasteiger partial charge in [0.1, 0.15) is 6.29 Å². The highest BCUT2D eigenvalue weighted by atomic mass is 32.1. The van der Waals surface area contributed by atoms with Crippen molar-refractivity contribution in [1.82, 2.24) is 0 Å². The minimum atomic E-state index is -4.42. The number of hydrogen-bond acceptors (Lipinski definition) is 2. The average molecular weight is 256 g/mol. The van der Waals surface area contributed by atoms with Crippen LogP contribution in [0.5, 0.6) is 0 Å². The van der Waals surface area contributed by atoms with Crippen molar-refractivity contribution in [2.45, 2.75) is 6.18 Å². The summed E-state index contributed by atoms with van der Waals surface area (Å²) in [5, 5.41) is 3.32. The van der Waals surface area contributed by atoms with Gasteiger partial charge < -0.3 is 0 Å². The van der Waals surface area contributed by atoms with Gasteiger partial charge in [0.2, 0.25) is 0 Å². The molecule has 17 heavy (non-hydrogen) atoms. The van der Waals surface area contributed by atoms with E-state index in [1.54, 1.807) is 16.8 Å². The Kier molecular flexibility index (Phi) is 3.02. The van der Waals surface area contributed by atoms with E-state index in [1.165, 1.54) is 23.5 Å². The first-order valence-corrected chi connectivity index (χ1v) is 5.65. The van der Waals surface area contributed by atoms with Crippen LogP contribution in [0.3, 0.4) is 0 Å². The fraction of sp³-hybridized carbons (Fsp3) is 0.0833. The number of benzene rings is 1. The topological polar surface area (TPSA) is 17.1 Å². The second kappa shape index (κ2) is 4.33. The molecule has 1 nitrogen and oxygen atoms in total. The number of halogens is 3. The van der Waals surface area contributed by atoms with E-state index in [0.29, 0.717) is 11.8 Å². The molecule has 0 aliphatic carbocycles. The summed E-state index contributed by atoms with van der Waals surface area (Å²) in [6.45, 7) is 0. The zero-order chi connectivity index (χ0) is 12.5. The summed E-state index contributed by atoms with van der Waals surface area (Å²) in [4.78, 5) is 10.6. The van der Waals surface area contributed by atoms with Crippen molar-refractivity contribution in [2.75, 3.05) is 0 Å². The Labute approximate surface area is 99.5 Å². The largest absolute Gasteiger partial charge is 0.417 e. The predicted molar refractivity (Wildman–Crippen MR) is 60.1 cm³/mol. The molecule has 0 amide bonds. The molecule has 5 heteroatoms. The first-order valence-electron chi connectivity index (χ1n) is 4.71. The summed E-state index contributed by atoms with van der Waals surface area (Å²) in [5.41, 5.74) is 0.0371. The van der Waals surface area contributed by atoms with Crippen LogP contribution in [0.4, 0.5) is 13.2 Å². The summed E-state index contributed by atoms with van der Waals surface area (Å²) in [7, 11) is 0. The minimum Gasteiger partial charge on any atom is -0.298 e. The van der Waals surface area contributed by atoms with Crippen molar-refractivity contribution >= 4 is 17.6 Å². The molecule has 1 heterocycles. The second-order valence-electron chi connectivity index (χ2n) is 3.43. The van der Waals surface area contributed by atoms with E-state index in [1.807, 2.05) is 0 Å². The highest BCUT2D eigenvalue weighted by Crippen LogP contribution is 2.38. The van der Waals surface area contributed by atoms with Crippen LogP contribution in [0.15, 0.2) is 35.0 Å². The monoisotopic (exact) mass is 256 g/mol. The zero-order valence-corrected chi connectivity index (χ0v) is 9.31. The van der Waals surface area contributed by atoms with Crippen molar-refractivity contribution in [1.29, 1.82) is 0 Å². The maximum absolute atomic E-state index is 12.8. The van der Waals surface area contributed by atoms with E-state index in [4.69, 9.17) is 0 Å². The SMILES string of the molecule is O=Cc1ccc(C(F)(F)F)c(-c2ccsc2)c1. The molecule has 0 atom stereocenters. The van der Waals surface area contributed by atoms with Crippen LogP contribution < -0.4 is 0 Å². The molecule has 0 N–H and O–H groups in total. The van der Waals surface area contributed by atoms with Gasteiger partial charge in [0.25, 0.3) is 0 Å². The summed E-state index contributed by atoms with van der Waals surface area (Å²) in [5.74, 6) is 0. The lowest BCUT2D eigenvalue weighted by molar-refractivity contribution is -0.137. The molecule has 88 valence electrons. The number of aldehydes is 1.